The summed E-state index contributed by atoms with van der Waals surface area (Å²) in [7, 11) is -3.38. The molecule has 4 aliphatic heterocycles. The van der Waals surface area contributed by atoms with E-state index in [0.29, 0.717) is 0 Å². The van der Waals surface area contributed by atoms with Crippen LogP contribution in [-0.2, 0) is 52.4 Å². The van der Waals surface area contributed by atoms with Crippen molar-refractivity contribution >= 4 is 32.3 Å². The van der Waals surface area contributed by atoms with E-state index >= 15 is 0 Å². The van der Waals surface area contributed by atoms with Crippen molar-refractivity contribution in [1.82, 2.24) is 0 Å². The molecule has 4 aliphatic carbocycles. The summed E-state index contributed by atoms with van der Waals surface area (Å²) in [5.41, 5.74) is 0. The minimum atomic E-state index is -0.845. The minimum absolute atomic E-state index is 0. The number of hydrogen-bond donors (Lipinski definition) is 0. The Morgan fingerprint density at radius 2 is 0.568 bits per heavy atom. The summed E-state index contributed by atoms with van der Waals surface area (Å²) >= 11 is 0. The maximum Gasteiger partial charge on any atom is 2.00 e. The van der Waals surface area contributed by atoms with Crippen molar-refractivity contribution in [2.45, 2.75) is 126 Å². The molecule has 0 atom stereocenters. The molecule has 0 spiro atoms. The van der Waals surface area contributed by atoms with Crippen molar-refractivity contribution in [2.24, 2.45) is 0 Å². The molecule has 236 valence electrons. The number of hydrogen-bond acceptors (Lipinski definition) is 0. The molecule has 8 heteroatoms. The van der Waals surface area contributed by atoms with Crippen LogP contribution in [-0.4, -0.2) is 32.3 Å². The Bertz CT molecular complexity index is 994. The molecular weight excluding hydrogens is 798 g/mol. The Hall–Kier alpha value is 1.13. The van der Waals surface area contributed by atoms with Crippen LogP contribution < -0.4 is 24.8 Å². The second kappa shape index (κ2) is 19.4. The summed E-state index contributed by atoms with van der Waals surface area (Å²) < 4.78 is 0. The average molecular weight is 851 g/mol. The third-order valence-electron chi connectivity index (χ3n) is 11.2. The van der Waals surface area contributed by atoms with Gasteiger partial charge in [0.2, 0.25) is 0 Å². The second-order valence-electron chi connectivity index (χ2n) is 14.4. The molecule has 0 saturated carbocycles. The van der Waals surface area contributed by atoms with Gasteiger partial charge in [0, 0.05) is 32.3 Å². The zero-order chi connectivity index (χ0) is 28.1. The molecule has 0 amide bonds. The molecule has 0 N–H and O–H groups in total. The van der Waals surface area contributed by atoms with E-state index in [1.54, 1.807) is 20.8 Å². The van der Waals surface area contributed by atoms with Crippen LogP contribution >= 0.6 is 0 Å². The Morgan fingerprint density at radius 3 is 0.659 bits per heavy atom. The van der Waals surface area contributed by atoms with E-state index in [0.717, 1.165) is 25.7 Å². The van der Waals surface area contributed by atoms with Crippen molar-refractivity contribution in [1.29, 1.82) is 0 Å². The van der Waals surface area contributed by atoms with Gasteiger partial charge in [-0.2, -0.15) is 24.3 Å². The molecule has 0 bridgehead atoms. The monoisotopic (exact) mass is 846 g/mol. The summed E-state index contributed by atoms with van der Waals surface area (Å²) in [6, 6.07) is 12.1. The Kier molecular flexibility index (Phi) is 19.0. The molecule has 4 saturated heterocycles. The molecule has 0 aromatic heterocycles. The molecule has 44 heavy (non-hydrogen) atoms. The first kappa shape index (κ1) is 43.2. The normalized spacial score (nSPS) is 25.4. The van der Waals surface area contributed by atoms with Gasteiger partial charge in [0.05, 0.1) is 0 Å². The first-order valence-electron chi connectivity index (χ1n) is 16.4. The Balaban J connectivity index is 0.000000285. The fourth-order valence-corrected chi connectivity index (χ4v) is 19.2. The van der Waals surface area contributed by atoms with E-state index in [9.17, 15) is 0 Å². The SMILES string of the molecule is C[Si]1(C2=[C-]CC=C2)CCC1.C[Si]1(C2=[C-]CC=C2)CCC1.C[Si]1(C2=[C-]CC=C2)CCC1.C[Si]1(C2=[C-]CC=C2)CCC1.[Cl-].[Cl-].[Zr+2].[Zr+2]. The number of allylic oxidation sites excluding steroid dienone is 16. The van der Waals surface area contributed by atoms with Crippen molar-refractivity contribution in [3.05, 3.63) is 93.7 Å². The summed E-state index contributed by atoms with van der Waals surface area (Å²) in [5.74, 6) is 0. The third kappa shape index (κ3) is 10.6. The van der Waals surface area contributed by atoms with E-state index in [1.807, 2.05) is 0 Å². The zero-order valence-electron chi connectivity index (χ0n) is 27.7. The molecule has 8 aliphatic rings. The van der Waals surface area contributed by atoms with Crippen LogP contribution in [0.4, 0.5) is 0 Å². The maximum absolute atomic E-state index is 3.47. The van der Waals surface area contributed by atoms with Crippen LogP contribution in [0.25, 0.3) is 0 Å². The van der Waals surface area contributed by atoms with Crippen molar-refractivity contribution in [3.8, 4) is 0 Å². The van der Waals surface area contributed by atoms with Crippen molar-refractivity contribution in [3.63, 3.8) is 0 Å². The van der Waals surface area contributed by atoms with E-state index in [1.165, 1.54) is 74.0 Å². The molecule has 0 aromatic carbocycles. The fraction of sp³-hybridized carbons (Fsp3) is 0.556. The summed E-state index contributed by atoms with van der Waals surface area (Å²) in [6.07, 6.45) is 42.3. The van der Waals surface area contributed by atoms with Crippen LogP contribution in [0.3, 0.4) is 0 Å². The van der Waals surface area contributed by atoms with Crippen LogP contribution in [0.5, 0.6) is 0 Å². The molecular formula is C36H52Cl2Si4Zr2-2. The van der Waals surface area contributed by atoms with Crippen LogP contribution in [0.2, 0.25) is 74.5 Å². The topological polar surface area (TPSA) is 0 Å². The van der Waals surface area contributed by atoms with E-state index in [-0.39, 0.29) is 77.2 Å². The van der Waals surface area contributed by atoms with Crippen molar-refractivity contribution in [2.75, 3.05) is 0 Å². The molecule has 0 radical (unpaired) electrons. The molecule has 0 unspecified atom stereocenters. The van der Waals surface area contributed by atoms with E-state index in [4.69, 9.17) is 0 Å². The second-order valence-corrected chi connectivity index (χ2v) is 33.1. The van der Waals surface area contributed by atoms with E-state index in [2.05, 4.69) is 99.1 Å². The zero-order valence-corrected chi connectivity index (χ0v) is 38.1. The molecule has 0 nitrogen and oxygen atoms in total. The maximum atomic E-state index is 3.47. The van der Waals surface area contributed by atoms with E-state index < -0.39 is 32.3 Å². The largest absolute Gasteiger partial charge is 2.00 e. The van der Waals surface area contributed by atoms with Gasteiger partial charge in [-0.3, -0.25) is 24.3 Å². The van der Waals surface area contributed by atoms with Crippen LogP contribution in [0.15, 0.2) is 69.4 Å². The molecule has 8 rings (SSSR count). The van der Waals surface area contributed by atoms with Gasteiger partial charge in [-0.1, -0.05) is 100 Å². The van der Waals surface area contributed by atoms with Crippen LogP contribution in [0.1, 0.15) is 51.4 Å². The first-order valence-corrected chi connectivity index (χ1v) is 28.0. The Morgan fingerprint density at radius 1 is 0.386 bits per heavy atom. The van der Waals surface area contributed by atoms with Crippen LogP contribution in [0, 0.1) is 24.3 Å². The molecule has 4 fully saturated rings. The molecule has 4 heterocycles. The number of rotatable bonds is 4. The predicted octanol–water partition coefficient (Wildman–Crippen LogP) is 4.79. The first-order chi connectivity index (χ1) is 19.2. The van der Waals surface area contributed by atoms with Gasteiger partial charge in [-0.25, -0.2) is 45.1 Å². The van der Waals surface area contributed by atoms with Gasteiger partial charge in [0.1, 0.15) is 0 Å². The standard InChI is InChI=1S/4C9H13Si.2ClH.2Zr/c4*1-10(7-4-8-10)9-5-2-3-6-9;;;;/h4*2,5H,3-4,7-8H2,1H3;2*1H;;/q4*-1;;;2*+2/p-2. The van der Waals surface area contributed by atoms with Gasteiger partial charge in [0.15, 0.2) is 0 Å². The van der Waals surface area contributed by atoms with Gasteiger partial charge in [-0.15, -0.1) is 25.7 Å². The quantitative estimate of drug-likeness (QED) is 0.283. The Labute approximate surface area is 325 Å². The summed E-state index contributed by atoms with van der Waals surface area (Å²) in [4.78, 5) is 0. The summed E-state index contributed by atoms with van der Waals surface area (Å²) in [6.45, 7) is 9.98. The summed E-state index contributed by atoms with van der Waals surface area (Å²) in [5, 5.41) is 6.44. The smallest absolute Gasteiger partial charge is 1.00 e. The third-order valence-corrected chi connectivity index (χ3v) is 29.4. The van der Waals surface area contributed by atoms with Gasteiger partial charge < -0.3 is 24.8 Å². The fourth-order valence-electron chi connectivity index (χ4n) is 7.18. The minimum Gasteiger partial charge on any atom is -1.00 e. The average Bonchev–Trinajstić information content (AvgIpc) is 3.72. The molecule has 0 aromatic rings. The van der Waals surface area contributed by atoms with Gasteiger partial charge in [0.25, 0.3) is 0 Å². The van der Waals surface area contributed by atoms with Gasteiger partial charge >= 0.3 is 52.4 Å². The van der Waals surface area contributed by atoms with Crippen molar-refractivity contribution < 1.29 is 77.2 Å². The number of halogens is 2. The van der Waals surface area contributed by atoms with Gasteiger partial charge in [-0.05, 0) is 0 Å². The predicted molar refractivity (Wildman–Crippen MR) is 185 cm³/mol.